The molecule has 4 rings (SSSR count). The first kappa shape index (κ1) is 20.5. The Labute approximate surface area is 167 Å². The standard InChI is InChI=1S/C14H21N3O2.C9H10/c1-19-16-14(18)12-4-2-11(3-5-12)10-17-8-6-13(15)7-9-17;1-2-4-8(5-3-1)9-6-7-9/h2-5,13H,6-10,15H2,1H3,(H,16,18);1-5,9H,6-7H2. The number of hydroxylamine groups is 1. The van der Waals surface area contributed by atoms with Crippen LogP contribution in [0, 0.1) is 0 Å². The quantitative estimate of drug-likeness (QED) is 0.779. The van der Waals surface area contributed by atoms with E-state index in [2.05, 4.69) is 45.5 Å². The molecule has 150 valence electrons. The van der Waals surface area contributed by atoms with Crippen molar-refractivity contribution in [1.82, 2.24) is 10.4 Å². The minimum absolute atomic E-state index is 0.224. The van der Waals surface area contributed by atoms with Crippen LogP contribution < -0.4 is 11.2 Å². The maximum absolute atomic E-state index is 11.5. The topological polar surface area (TPSA) is 67.6 Å². The maximum atomic E-state index is 11.5. The smallest absolute Gasteiger partial charge is 0.274 e. The van der Waals surface area contributed by atoms with Crippen LogP contribution in [0.25, 0.3) is 0 Å². The number of nitrogens with two attached hydrogens (primary N) is 1. The molecule has 0 aromatic heterocycles. The third kappa shape index (κ3) is 6.44. The Hall–Kier alpha value is -2.21. The summed E-state index contributed by atoms with van der Waals surface area (Å²) >= 11 is 0. The summed E-state index contributed by atoms with van der Waals surface area (Å²) in [6.45, 7) is 3.01. The lowest BCUT2D eigenvalue weighted by molar-refractivity contribution is 0.0537. The molecular formula is C23H31N3O2. The molecule has 0 unspecified atom stereocenters. The van der Waals surface area contributed by atoms with Gasteiger partial charge in [-0.1, -0.05) is 42.5 Å². The van der Waals surface area contributed by atoms with Crippen LogP contribution in [0.3, 0.4) is 0 Å². The number of nitrogens with zero attached hydrogens (tertiary/aromatic N) is 1. The van der Waals surface area contributed by atoms with Gasteiger partial charge in [-0.25, -0.2) is 5.48 Å². The van der Waals surface area contributed by atoms with Crippen molar-refractivity contribution < 1.29 is 9.63 Å². The van der Waals surface area contributed by atoms with Gasteiger partial charge in [-0.15, -0.1) is 0 Å². The number of rotatable bonds is 5. The van der Waals surface area contributed by atoms with E-state index >= 15 is 0 Å². The van der Waals surface area contributed by atoms with Gasteiger partial charge < -0.3 is 5.73 Å². The lowest BCUT2D eigenvalue weighted by Gasteiger charge is -2.30. The zero-order valence-corrected chi connectivity index (χ0v) is 16.6. The van der Waals surface area contributed by atoms with E-state index in [0.29, 0.717) is 11.6 Å². The molecule has 1 saturated carbocycles. The van der Waals surface area contributed by atoms with Gasteiger partial charge in [0, 0.05) is 18.2 Å². The van der Waals surface area contributed by atoms with Gasteiger partial charge in [0.25, 0.3) is 5.91 Å². The van der Waals surface area contributed by atoms with Crippen molar-refractivity contribution in [2.24, 2.45) is 5.73 Å². The van der Waals surface area contributed by atoms with Crippen molar-refractivity contribution in [3.63, 3.8) is 0 Å². The summed E-state index contributed by atoms with van der Waals surface area (Å²) in [5.41, 5.74) is 11.5. The molecule has 1 heterocycles. The fourth-order valence-electron chi connectivity index (χ4n) is 3.42. The molecule has 3 N–H and O–H groups in total. The minimum Gasteiger partial charge on any atom is -0.328 e. The van der Waals surface area contributed by atoms with Gasteiger partial charge in [-0.3, -0.25) is 14.5 Å². The van der Waals surface area contributed by atoms with Gasteiger partial charge in [0.1, 0.15) is 0 Å². The monoisotopic (exact) mass is 381 g/mol. The number of nitrogens with one attached hydrogen (secondary N) is 1. The van der Waals surface area contributed by atoms with Crippen LogP contribution in [0.1, 0.15) is 53.1 Å². The first-order valence-electron chi connectivity index (χ1n) is 10.1. The van der Waals surface area contributed by atoms with E-state index in [-0.39, 0.29) is 5.91 Å². The summed E-state index contributed by atoms with van der Waals surface area (Å²) in [6.07, 6.45) is 4.94. The zero-order chi connectivity index (χ0) is 19.8. The zero-order valence-electron chi connectivity index (χ0n) is 16.6. The molecule has 28 heavy (non-hydrogen) atoms. The lowest BCUT2D eigenvalue weighted by Crippen LogP contribution is -2.39. The molecular weight excluding hydrogens is 350 g/mol. The third-order valence-electron chi connectivity index (χ3n) is 5.30. The molecule has 0 bridgehead atoms. The van der Waals surface area contributed by atoms with Crippen LogP contribution in [-0.4, -0.2) is 37.0 Å². The number of hydrogen-bond donors (Lipinski definition) is 2. The Bertz CT molecular complexity index is 721. The average Bonchev–Trinajstić information content (AvgIpc) is 3.57. The highest BCUT2D eigenvalue weighted by molar-refractivity contribution is 5.93. The van der Waals surface area contributed by atoms with Crippen molar-refractivity contribution in [3.8, 4) is 0 Å². The molecule has 2 fully saturated rings. The molecule has 2 aromatic rings. The third-order valence-corrected chi connectivity index (χ3v) is 5.30. The Morgan fingerprint density at radius 2 is 1.68 bits per heavy atom. The highest BCUT2D eigenvalue weighted by Gasteiger charge is 2.22. The number of carbonyl (C=O) groups excluding carboxylic acids is 1. The number of carbonyl (C=O) groups is 1. The van der Waals surface area contributed by atoms with Gasteiger partial charge >= 0.3 is 0 Å². The molecule has 2 aromatic carbocycles. The Morgan fingerprint density at radius 3 is 2.25 bits per heavy atom. The summed E-state index contributed by atoms with van der Waals surface area (Å²) in [5.74, 6) is 0.684. The highest BCUT2D eigenvalue weighted by Crippen LogP contribution is 2.39. The number of benzene rings is 2. The van der Waals surface area contributed by atoms with Crippen LogP contribution in [0.4, 0.5) is 0 Å². The highest BCUT2D eigenvalue weighted by atomic mass is 16.6. The van der Waals surface area contributed by atoms with Gasteiger partial charge in [0.05, 0.1) is 7.11 Å². The van der Waals surface area contributed by atoms with Crippen LogP contribution >= 0.6 is 0 Å². The Balaban J connectivity index is 0.000000206. The normalized spacial score (nSPS) is 17.5. The number of piperidine rings is 1. The summed E-state index contributed by atoms with van der Waals surface area (Å²) in [5, 5.41) is 0. The Kier molecular flexibility index (Phi) is 7.60. The predicted molar refractivity (Wildman–Crippen MR) is 112 cm³/mol. The lowest BCUT2D eigenvalue weighted by atomic mass is 10.0. The maximum Gasteiger partial charge on any atom is 0.274 e. The van der Waals surface area contributed by atoms with Gasteiger partial charge in [0.15, 0.2) is 0 Å². The van der Waals surface area contributed by atoms with E-state index in [1.165, 1.54) is 31.1 Å². The second-order valence-corrected chi connectivity index (χ2v) is 7.63. The first-order chi connectivity index (χ1) is 13.7. The van der Waals surface area contributed by atoms with Crippen molar-refractivity contribution in [2.45, 2.75) is 44.2 Å². The van der Waals surface area contributed by atoms with Crippen molar-refractivity contribution in [3.05, 3.63) is 71.3 Å². The van der Waals surface area contributed by atoms with Crippen LogP contribution in [0.5, 0.6) is 0 Å². The number of hydrogen-bond acceptors (Lipinski definition) is 4. The molecule has 2 aliphatic rings. The minimum atomic E-state index is -0.224. The predicted octanol–water partition coefficient (Wildman–Crippen LogP) is 3.46. The van der Waals surface area contributed by atoms with E-state index in [0.717, 1.165) is 38.4 Å². The fourth-order valence-corrected chi connectivity index (χ4v) is 3.42. The second kappa shape index (κ2) is 10.4. The molecule has 5 heteroatoms. The average molecular weight is 382 g/mol. The van der Waals surface area contributed by atoms with E-state index < -0.39 is 0 Å². The van der Waals surface area contributed by atoms with Gasteiger partial charge in [-0.2, -0.15) is 0 Å². The molecule has 0 radical (unpaired) electrons. The molecule has 1 amide bonds. The molecule has 1 saturated heterocycles. The molecule has 5 nitrogen and oxygen atoms in total. The van der Waals surface area contributed by atoms with Crippen LogP contribution in [0.2, 0.25) is 0 Å². The van der Waals surface area contributed by atoms with E-state index in [1.807, 2.05) is 24.3 Å². The molecule has 0 atom stereocenters. The number of likely N-dealkylation sites (tertiary alicyclic amines) is 1. The van der Waals surface area contributed by atoms with E-state index in [9.17, 15) is 4.79 Å². The summed E-state index contributed by atoms with van der Waals surface area (Å²) in [6, 6.07) is 18.7. The summed E-state index contributed by atoms with van der Waals surface area (Å²) < 4.78 is 0. The van der Waals surface area contributed by atoms with Crippen LogP contribution in [0.15, 0.2) is 54.6 Å². The number of amides is 1. The van der Waals surface area contributed by atoms with Gasteiger partial charge in [0.2, 0.25) is 0 Å². The SMILES string of the molecule is CONC(=O)c1ccc(CN2CCC(N)CC2)cc1.c1ccc(C2CC2)cc1. The van der Waals surface area contributed by atoms with Crippen molar-refractivity contribution in [1.29, 1.82) is 0 Å². The van der Waals surface area contributed by atoms with Gasteiger partial charge in [-0.05, 0) is 68.0 Å². The van der Waals surface area contributed by atoms with E-state index in [1.54, 1.807) is 0 Å². The molecule has 1 aliphatic carbocycles. The largest absolute Gasteiger partial charge is 0.328 e. The second-order valence-electron chi connectivity index (χ2n) is 7.63. The molecule has 1 aliphatic heterocycles. The molecule has 0 spiro atoms. The fraction of sp³-hybridized carbons (Fsp3) is 0.435. The van der Waals surface area contributed by atoms with Crippen molar-refractivity contribution >= 4 is 5.91 Å². The summed E-state index contributed by atoms with van der Waals surface area (Å²) in [4.78, 5) is 18.5. The van der Waals surface area contributed by atoms with Crippen LogP contribution in [-0.2, 0) is 11.4 Å². The van der Waals surface area contributed by atoms with Crippen molar-refractivity contribution in [2.75, 3.05) is 20.2 Å². The first-order valence-corrected chi connectivity index (χ1v) is 10.1. The van der Waals surface area contributed by atoms with E-state index in [4.69, 9.17) is 5.73 Å². The Morgan fingerprint density at radius 1 is 1.04 bits per heavy atom. The summed E-state index contributed by atoms with van der Waals surface area (Å²) in [7, 11) is 1.42.